The smallest absolute Gasteiger partial charge is 0.301 e. The molecule has 1 amide bonds. The number of rotatable bonds is 7. The average molecular weight is 535 g/mol. The van der Waals surface area contributed by atoms with Crippen molar-refractivity contribution >= 4 is 55.7 Å². The normalized spacial score (nSPS) is 16.9. The maximum atomic E-state index is 13.5. The minimum absolute atomic E-state index is 0.0307. The number of aliphatic hydroxyl groups is 1. The van der Waals surface area contributed by atoms with Gasteiger partial charge in [0.15, 0.2) is 5.13 Å². The molecule has 0 bridgehead atoms. The molecule has 188 valence electrons. The number of aromatic nitrogens is 1. The van der Waals surface area contributed by atoms with Crippen molar-refractivity contribution in [2.75, 3.05) is 18.6 Å². The van der Waals surface area contributed by atoms with Crippen molar-refractivity contribution in [2.45, 2.75) is 19.4 Å². The third-order valence-corrected chi connectivity index (χ3v) is 7.27. The fourth-order valence-electron chi connectivity index (χ4n) is 4.23. The molecule has 37 heavy (non-hydrogen) atoms. The summed E-state index contributed by atoms with van der Waals surface area (Å²) in [6.45, 7) is 2.53. The lowest BCUT2D eigenvalue weighted by Gasteiger charge is -2.23. The van der Waals surface area contributed by atoms with Crippen molar-refractivity contribution in [1.82, 2.24) is 4.98 Å². The van der Waals surface area contributed by atoms with Gasteiger partial charge in [-0.05, 0) is 66.6 Å². The molecule has 0 saturated carbocycles. The zero-order valence-electron chi connectivity index (χ0n) is 20.1. The van der Waals surface area contributed by atoms with Gasteiger partial charge in [-0.25, -0.2) is 4.98 Å². The summed E-state index contributed by atoms with van der Waals surface area (Å²) < 4.78 is 11.9. The summed E-state index contributed by atoms with van der Waals surface area (Å²) in [6, 6.07) is 18.1. The molecule has 1 atom stereocenters. The van der Waals surface area contributed by atoms with Crippen molar-refractivity contribution in [3.63, 3.8) is 0 Å². The Morgan fingerprint density at radius 1 is 1.08 bits per heavy atom. The van der Waals surface area contributed by atoms with Crippen LogP contribution >= 0.6 is 22.9 Å². The Hall–Kier alpha value is -3.88. The van der Waals surface area contributed by atoms with Crippen LogP contribution in [0.2, 0.25) is 5.02 Å². The fraction of sp³-hybridized carbons (Fsp3) is 0.179. The number of anilines is 1. The number of carbonyl (C=O) groups is 2. The standard InChI is InChI=1S/C28H23ClN2O5S/c1-3-13-36-20-6-4-5-17(14-20)24-23(25(32)16-7-9-18(29)10-8-16)26(33)27(34)31(24)28-30-21-12-11-19(35-2)15-22(21)37-28/h4-12,14-15,24,32H,3,13H2,1-2H3. The maximum absolute atomic E-state index is 13.5. The summed E-state index contributed by atoms with van der Waals surface area (Å²) in [4.78, 5) is 32.9. The molecule has 1 aliphatic rings. The van der Waals surface area contributed by atoms with Gasteiger partial charge in [0.05, 0.1) is 35.5 Å². The molecule has 0 spiro atoms. The predicted octanol–water partition coefficient (Wildman–Crippen LogP) is 6.37. The first-order valence-corrected chi connectivity index (χ1v) is 12.8. The molecule has 1 fully saturated rings. The van der Waals surface area contributed by atoms with Crippen LogP contribution in [-0.2, 0) is 9.59 Å². The largest absolute Gasteiger partial charge is 0.507 e. The molecule has 1 unspecified atom stereocenters. The van der Waals surface area contributed by atoms with E-state index in [0.717, 1.165) is 11.1 Å². The molecule has 2 heterocycles. The number of benzene rings is 3. The van der Waals surface area contributed by atoms with Gasteiger partial charge in [-0.2, -0.15) is 0 Å². The zero-order chi connectivity index (χ0) is 26.1. The number of halogens is 1. The fourth-order valence-corrected chi connectivity index (χ4v) is 5.37. The number of Topliss-reactive ketones (excluding diaryl/α,β-unsaturated/α-hetero) is 1. The number of fused-ring (bicyclic) bond motifs is 1. The van der Waals surface area contributed by atoms with Crippen LogP contribution in [0.5, 0.6) is 11.5 Å². The van der Waals surface area contributed by atoms with E-state index in [0.29, 0.717) is 44.9 Å². The van der Waals surface area contributed by atoms with Crippen LogP contribution < -0.4 is 14.4 Å². The number of hydrogen-bond donors (Lipinski definition) is 1. The van der Waals surface area contributed by atoms with Gasteiger partial charge in [-0.3, -0.25) is 14.5 Å². The molecule has 1 saturated heterocycles. The quantitative estimate of drug-likeness (QED) is 0.168. The van der Waals surface area contributed by atoms with Crippen LogP contribution in [0, 0.1) is 0 Å². The number of aliphatic hydroxyl groups excluding tert-OH is 1. The second-order valence-electron chi connectivity index (χ2n) is 8.43. The van der Waals surface area contributed by atoms with E-state index in [-0.39, 0.29) is 11.3 Å². The van der Waals surface area contributed by atoms with E-state index in [2.05, 4.69) is 4.98 Å². The number of nitrogens with zero attached hydrogens (tertiary/aromatic N) is 2. The van der Waals surface area contributed by atoms with Gasteiger partial charge < -0.3 is 14.6 Å². The summed E-state index contributed by atoms with van der Waals surface area (Å²) in [7, 11) is 1.58. The Morgan fingerprint density at radius 3 is 2.59 bits per heavy atom. The van der Waals surface area contributed by atoms with Gasteiger partial charge in [-0.15, -0.1) is 0 Å². The number of thiazole rings is 1. The highest BCUT2D eigenvalue weighted by atomic mass is 35.5. The Morgan fingerprint density at radius 2 is 1.86 bits per heavy atom. The highest BCUT2D eigenvalue weighted by molar-refractivity contribution is 7.22. The van der Waals surface area contributed by atoms with E-state index in [1.54, 1.807) is 61.7 Å². The minimum atomic E-state index is -0.914. The van der Waals surface area contributed by atoms with Crippen molar-refractivity contribution in [3.8, 4) is 11.5 Å². The molecule has 3 aromatic carbocycles. The molecular weight excluding hydrogens is 512 g/mol. The maximum Gasteiger partial charge on any atom is 0.301 e. The van der Waals surface area contributed by atoms with Crippen LogP contribution in [0.3, 0.4) is 0 Å². The lowest BCUT2D eigenvalue weighted by Crippen LogP contribution is -2.29. The number of ketones is 1. The Balaban J connectivity index is 1.69. The van der Waals surface area contributed by atoms with E-state index >= 15 is 0 Å². The molecule has 5 rings (SSSR count). The van der Waals surface area contributed by atoms with Crippen LogP contribution in [-0.4, -0.2) is 35.5 Å². The average Bonchev–Trinajstić information content (AvgIpc) is 3.45. The van der Waals surface area contributed by atoms with Crippen LogP contribution in [0.1, 0.15) is 30.5 Å². The van der Waals surface area contributed by atoms with E-state index in [9.17, 15) is 14.7 Å². The SMILES string of the molecule is CCCOc1cccc(C2C(=C(O)c3ccc(Cl)cc3)C(=O)C(=O)N2c2nc3ccc(OC)cc3s2)c1. The van der Waals surface area contributed by atoms with E-state index in [4.69, 9.17) is 21.1 Å². The van der Waals surface area contributed by atoms with Gasteiger partial charge >= 0.3 is 5.91 Å². The lowest BCUT2D eigenvalue weighted by molar-refractivity contribution is -0.132. The van der Waals surface area contributed by atoms with Crippen LogP contribution in [0.4, 0.5) is 5.13 Å². The first-order valence-electron chi connectivity index (χ1n) is 11.7. The monoisotopic (exact) mass is 534 g/mol. The Bertz CT molecular complexity index is 1530. The third kappa shape index (κ3) is 4.65. The number of carbonyl (C=O) groups excluding carboxylic acids is 2. The van der Waals surface area contributed by atoms with Crippen LogP contribution in [0.15, 0.2) is 72.3 Å². The Kier molecular flexibility index (Phi) is 6.86. The van der Waals surface area contributed by atoms with Gasteiger partial charge in [0.1, 0.15) is 17.3 Å². The Labute approximate surface area is 222 Å². The zero-order valence-corrected chi connectivity index (χ0v) is 21.7. The number of methoxy groups -OCH3 is 1. The third-order valence-electron chi connectivity index (χ3n) is 6.00. The highest BCUT2D eigenvalue weighted by Crippen LogP contribution is 2.45. The van der Waals surface area contributed by atoms with Crippen molar-refractivity contribution in [1.29, 1.82) is 0 Å². The van der Waals surface area contributed by atoms with Gasteiger partial charge in [0.2, 0.25) is 0 Å². The minimum Gasteiger partial charge on any atom is -0.507 e. The molecule has 7 nitrogen and oxygen atoms in total. The molecular formula is C28H23ClN2O5S. The summed E-state index contributed by atoms with van der Waals surface area (Å²) in [5.74, 6) is -0.596. The summed E-state index contributed by atoms with van der Waals surface area (Å²) in [6.07, 6.45) is 0.828. The van der Waals surface area contributed by atoms with E-state index in [1.807, 2.05) is 19.1 Å². The lowest BCUT2D eigenvalue weighted by atomic mass is 9.95. The topological polar surface area (TPSA) is 89.0 Å². The van der Waals surface area contributed by atoms with Gasteiger partial charge in [0.25, 0.3) is 5.78 Å². The molecule has 0 radical (unpaired) electrons. The van der Waals surface area contributed by atoms with E-state index < -0.39 is 17.7 Å². The summed E-state index contributed by atoms with van der Waals surface area (Å²) >= 11 is 7.28. The summed E-state index contributed by atoms with van der Waals surface area (Å²) in [5, 5.41) is 12.1. The molecule has 4 aromatic rings. The van der Waals surface area contributed by atoms with Crippen LogP contribution in [0.25, 0.3) is 16.0 Å². The molecule has 1 N–H and O–H groups in total. The van der Waals surface area contributed by atoms with Crippen molar-refractivity contribution in [3.05, 3.63) is 88.5 Å². The second-order valence-corrected chi connectivity index (χ2v) is 9.87. The predicted molar refractivity (Wildman–Crippen MR) is 145 cm³/mol. The second kappa shape index (κ2) is 10.2. The molecule has 9 heteroatoms. The van der Waals surface area contributed by atoms with Crippen molar-refractivity contribution in [2.24, 2.45) is 0 Å². The first kappa shape index (κ1) is 24.8. The molecule has 1 aliphatic heterocycles. The highest BCUT2D eigenvalue weighted by Gasteiger charge is 2.48. The number of amides is 1. The molecule has 0 aliphatic carbocycles. The first-order chi connectivity index (χ1) is 17.9. The summed E-state index contributed by atoms with van der Waals surface area (Å²) in [5.41, 5.74) is 1.62. The van der Waals surface area contributed by atoms with E-state index in [1.165, 1.54) is 16.2 Å². The molecule has 1 aromatic heterocycles. The van der Waals surface area contributed by atoms with Gasteiger partial charge in [0, 0.05) is 10.6 Å². The van der Waals surface area contributed by atoms with Gasteiger partial charge in [-0.1, -0.05) is 42.0 Å². The van der Waals surface area contributed by atoms with Crippen molar-refractivity contribution < 1.29 is 24.2 Å². The number of ether oxygens (including phenoxy) is 2. The number of hydrogen-bond acceptors (Lipinski definition) is 7.